The SMILES string of the molecule is COCCn1c(N)c(N(Cc2ccccc2)C(=O)CSc2ccc([N+](=O)[O-])cc2)c(=O)[nH]c1=O. The zero-order chi connectivity index (χ0) is 24.7. The van der Waals surface area contributed by atoms with Crippen molar-refractivity contribution in [2.24, 2.45) is 0 Å². The van der Waals surface area contributed by atoms with Crippen LogP contribution in [0, 0.1) is 10.1 Å². The number of aromatic amines is 1. The number of anilines is 2. The second-order valence-electron chi connectivity index (χ2n) is 7.14. The molecule has 11 nitrogen and oxygen atoms in total. The van der Waals surface area contributed by atoms with Gasteiger partial charge in [-0.2, -0.15) is 0 Å². The van der Waals surface area contributed by atoms with E-state index in [0.717, 1.165) is 21.9 Å². The Labute approximate surface area is 198 Å². The standard InChI is InChI=1S/C22H23N5O6S/c1-33-12-11-25-20(23)19(21(29)24-22(25)30)26(13-15-5-3-2-4-6-15)18(28)14-34-17-9-7-16(8-10-17)27(31)32/h2-10H,11-14,23H2,1H3,(H,24,29,30). The Morgan fingerprint density at radius 3 is 2.47 bits per heavy atom. The highest BCUT2D eigenvalue weighted by molar-refractivity contribution is 8.00. The molecule has 0 spiro atoms. The number of nitro groups is 1. The molecule has 0 fully saturated rings. The third-order valence-electron chi connectivity index (χ3n) is 4.90. The predicted molar refractivity (Wildman–Crippen MR) is 129 cm³/mol. The number of ether oxygens (including phenoxy) is 1. The lowest BCUT2D eigenvalue weighted by Gasteiger charge is -2.24. The van der Waals surface area contributed by atoms with Crippen LogP contribution >= 0.6 is 11.8 Å². The number of H-pyrrole nitrogens is 1. The van der Waals surface area contributed by atoms with E-state index in [-0.39, 0.29) is 42.6 Å². The van der Waals surface area contributed by atoms with E-state index in [9.17, 15) is 24.5 Å². The van der Waals surface area contributed by atoms with Gasteiger partial charge in [0.25, 0.3) is 11.2 Å². The van der Waals surface area contributed by atoms with E-state index in [1.165, 1.54) is 24.1 Å². The molecule has 0 bridgehead atoms. The number of thioether (sulfide) groups is 1. The van der Waals surface area contributed by atoms with Gasteiger partial charge in [-0.1, -0.05) is 30.3 Å². The van der Waals surface area contributed by atoms with Gasteiger partial charge in [0.1, 0.15) is 5.82 Å². The fourth-order valence-electron chi connectivity index (χ4n) is 3.19. The summed E-state index contributed by atoms with van der Waals surface area (Å²) in [4.78, 5) is 52.8. The number of nitrogens with zero attached hydrogens (tertiary/aromatic N) is 3. The predicted octanol–water partition coefficient (Wildman–Crippen LogP) is 2.00. The highest BCUT2D eigenvalue weighted by atomic mass is 32.2. The number of nitrogens with one attached hydrogen (secondary N) is 1. The Bertz CT molecular complexity index is 1270. The number of aromatic nitrogens is 2. The summed E-state index contributed by atoms with van der Waals surface area (Å²) in [5.74, 6) is -0.641. The molecule has 0 aliphatic carbocycles. The number of hydrogen-bond donors (Lipinski definition) is 2. The van der Waals surface area contributed by atoms with Crippen LogP contribution in [0.25, 0.3) is 0 Å². The monoisotopic (exact) mass is 485 g/mol. The lowest BCUT2D eigenvalue weighted by Crippen LogP contribution is -2.41. The quantitative estimate of drug-likeness (QED) is 0.251. The molecule has 1 heterocycles. The number of benzene rings is 2. The van der Waals surface area contributed by atoms with E-state index in [1.54, 1.807) is 36.4 Å². The van der Waals surface area contributed by atoms with Crippen molar-refractivity contribution in [3.8, 4) is 0 Å². The van der Waals surface area contributed by atoms with E-state index in [2.05, 4.69) is 4.98 Å². The number of carbonyl (C=O) groups is 1. The van der Waals surface area contributed by atoms with Crippen molar-refractivity contribution in [2.45, 2.75) is 18.0 Å². The smallest absolute Gasteiger partial charge is 0.330 e. The Balaban J connectivity index is 1.94. The molecule has 0 radical (unpaired) electrons. The fourth-order valence-corrected chi connectivity index (χ4v) is 3.96. The molecular weight excluding hydrogens is 462 g/mol. The van der Waals surface area contributed by atoms with Crippen LogP contribution in [0.1, 0.15) is 5.56 Å². The first-order valence-electron chi connectivity index (χ1n) is 10.1. The Morgan fingerprint density at radius 1 is 1.18 bits per heavy atom. The van der Waals surface area contributed by atoms with Gasteiger partial charge in [-0.15, -0.1) is 11.8 Å². The minimum atomic E-state index is -0.777. The van der Waals surface area contributed by atoms with Crippen molar-refractivity contribution < 1.29 is 14.5 Å². The first-order valence-corrected chi connectivity index (χ1v) is 11.1. The van der Waals surface area contributed by atoms with Gasteiger partial charge in [0.15, 0.2) is 5.69 Å². The number of amides is 1. The van der Waals surface area contributed by atoms with Crippen molar-refractivity contribution in [3.63, 3.8) is 0 Å². The number of nitrogens with two attached hydrogens (primary N) is 1. The second-order valence-corrected chi connectivity index (χ2v) is 8.19. The van der Waals surface area contributed by atoms with Gasteiger partial charge in [0, 0.05) is 24.1 Å². The maximum atomic E-state index is 13.3. The average molecular weight is 486 g/mol. The van der Waals surface area contributed by atoms with E-state index in [1.807, 2.05) is 6.07 Å². The summed E-state index contributed by atoms with van der Waals surface area (Å²) in [6.45, 7) is 0.324. The summed E-state index contributed by atoms with van der Waals surface area (Å²) < 4.78 is 6.15. The molecule has 12 heteroatoms. The maximum absolute atomic E-state index is 13.3. The largest absolute Gasteiger partial charge is 0.383 e. The second kappa shape index (κ2) is 11.3. The third kappa shape index (κ3) is 5.91. The van der Waals surface area contributed by atoms with E-state index in [4.69, 9.17) is 10.5 Å². The molecule has 3 N–H and O–H groups in total. The van der Waals surface area contributed by atoms with Crippen LogP contribution in [0.4, 0.5) is 17.2 Å². The van der Waals surface area contributed by atoms with E-state index in [0.29, 0.717) is 4.90 Å². The minimum absolute atomic E-state index is 0.0518. The third-order valence-corrected chi connectivity index (χ3v) is 5.89. The lowest BCUT2D eigenvalue weighted by atomic mass is 10.2. The van der Waals surface area contributed by atoms with Crippen LogP contribution in [0.2, 0.25) is 0 Å². The zero-order valence-corrected chi connectivity index (χ0v) is 19.1. The number of nitro benzene ring substituents is 1. The van der Waals surface area contributed by atoms with Gasteiger partial charge in [-0.25, -0.2) is 4.79 Å². The summed E-state index contributed by atoms with van der Waals surface area (Å²) in [7, 11) is 1.47. The molecule has 0 atom stereocenters. The molecule has 3 aromatic rings. The molecule has 0 aliphatic rings. The van der Waals surface area contributed by atoms with Crippen LogP contribution < -0.4 is 21.9 Å². The molecule has 0 saturated heterocycles. The summed E-state index contributed by atoms with van der Waals surface area (Å²) >= 11 is 1.16. The Morgan fingerprint density at radius 2 is 1.85 bits per heavy atom. The molecule has 2 aromatic carbocycles. The van der Waals surface area contributed by atoms with Crippen LogP contribution in [0.5, 0.6) is 0 Å². The number of nitrogen functional groups attached to an aromatic ring is 1. The molecule has 0 aliphatic heterocycles. The lowest BCUT2D eigenvalue weighted by molar-refractivity contribution is -0.384. The number of methoxy groups -OCH3 is 1. The fraction of sp³-hybridized carbons (Fsp3) is 0.227. The van der Waals surface area contributed by atoms with E-state index >= 15 is 0 Å². The van der Waals surface area contributed by atoms with Crippen LogP contribution in [-0.4, -0.2) is 39.9 Å². The topological polar surface area (TPSA) is 154 Å². The number of hydrogen-bond acceptors (Lipinski definition) is 8. The molecule has 0 saturated carbocycles. The molecule has 0 unspecified atom stereocenters. The van der Waals surface area contributed by atoms with Crippen molar-refractivity contribution in [1.82, 2.24) is 9.55 Å². The summed E-state index contributed by atoms with van der Waals surface area (Å²) in [5, 5.41) is 10.8. The Hall–Kier alpha value is -3.90. The molecule has 178 valence electrons. The number of rotatable bonds is 10. The number of carbonyl (C=O) groups excluding carboxylic acids is 1. The van der Waals surface area contributed by atoms with Crippen molar-refractivity contribution in [1.29, 1.82) is 0 Å². The normalized spacial score (nSPS) is 10.7. The van der Waals surface area contributed by atoms with Gasteiger partial charge in [0.05, 0.1) is 30.4 Å². The van der Waals surface area contributed by atoms with Gasteiger partial charge >= 0.3 is 5.69 Å². The van der Waals surface area contributed by atoms with Crippen molar-refractivity contribution >= 4 is 34.9 Å². The molecule has 1 amide bonds. The van der Waals surface area contributed by atoms with Gasteiger partial charge in [-0.05, 0) is 17.7 Å². The highest BCUT2D eigenvalue weighted by Crippen LogP contribution is 2.25. The van der Waals surface area contributed by atoms with Crippen LogP contribution in [0.15, 0.2) is 69.1 Å². The summed E-state index contributed by atoms with van der Waals surface area (Å²) in [5.41, 5.74) is 5.28. The van der Waals surface area contributed by atoms with Gasteiger partial charge < -0.3 is 10.5 Å². The highest BCUT2D eigenvalue weighted by Gasteiger charge is 2.24. The molecular formula is C22H23N5O6S. The Kier molecular flexibility index (Phi) is 8.22. The van der Waals surface area contributed by atoms with Crippen LogP contribution in [0.3, 0.4) is 0 Å². The van der Waals surface area contributed by atoms with Crippen molar-refractivity contribution in [3.05, 3.63) is 91.1 Å². The average Bonchev–Trinajstić information content (AvgIpc) is 2.82. The molecule has 1 aromatic heterocycles. The van der Waals surface area contributed by atoms with Gasteiger partial charge in [0.2, 0.25) is 5.91 Å². The molecule has 34 heavy (non-hydrogen) atoms. The number of non-ortho nitro benzene ring substituents is 1. The summed E-state index contributed by atoms with van der Waals surface area (Å²) in [6, 6.07) is 14.8. The van der Waals surface area contributed by atoms with Gasteiger partial charge in [-0.3, -0.25) is 34.2 Å². The maximum Gasteiger partial charge on any atom is 0.330 e. The minimum Gasteiger partial charge on any atom is -0.383 e. The summed E-state index contributed by atoms with van der Waals surface area (Å²) in [6.07, 6.45) is 0. The van der Waals surface area contributed by atoms with Crippen LogP contribution in [-0.2, 0) is 22.6 Å². The molecule has 3 rings (SSSR count). The van der Waals surface area contributed by atoms with Crippen molar-refractivity contribution in [2.75, 3.05) is 30.1 Å². The van der Waals surface area contributed by atoms with E-state index < -0.39 is 22.1 Å². The first kappa shape index (κ1) is 24.7. The first-order chi connectivity index (χ1) is 16.3. The zero-order valence-electron chi connectivity index (χ0n) is 18.3.